The summed E-state index contributed by atoms with van der Waals surface area (Å²) in [4.78, 5) is 2.74. The molecule has 152 valence electrons. The number of rotatable bonds is 4. The first-order valence-corrected chi connectivity index (χ1v) is 10.3. The minimum atomic E-state index is 0. The van der Waals surface area contributed by atoms with Gasteiger partial charge in [0, 0.05) is 60.6 Å². The van der Waals surface area contributed by atoms with E-state index < -0.39 is 0 Å². The lowest BCUT2D eigenvalue weighted by Gasteiger charge is -2.43. The van der Waals surface area contributed by atoms with Crippen molar-refractivity contribution in [1.29, 1.82) is 0 Å². The summed E-state index contributed by atoms with van der Waals surface area (Å²) in [6, 6.07) is 16.8. The van der Waals surface area contributed by atoms with Gasteiger partial charge in [0.15, 0.2) is 0 Å². The fourth-order valence-electron chi connectivity index (χ4n) is 5.09. The Kier molecular flexibility index (Phi) is 6.93. The van der Waals surface area contributed by atoms with Crippen molar-refractivity contribution in [2.24, 2.45) is 5.92 Å². The minimum absolute atomic E-state index is 0. The molecular weight excluding hydrogens is 389 g/mol. The molecule has 2 aromatic carbocycles. The molecule has 1 aromatic heterocycles. The van der Waals surface area contributed by atoms with Crippen LogP contribution in [0.1, 0.15) is 37.8 Å². The van der Waals surface area contributed by atoms with Crippen molar-refractivity contribution in [2.75, 3.05) is 26.2 Å². The first-order chi connectivity index (χ1) is 12.9. The zero-order valence-electron chi connectivity index (χ0n) is 16.6. The van der Waals surface area contributed by atoms with Gasteiger partial charge < -0.3 is 9.88 Å². The molecular formula is C23H31Cl2N3. The molecule has 5 heteroatoms. The molecule has 1 atom stereocenters. The predicted octanol–water partition coefficient (Wildman–Crippen LogP) is 5.40. The summed E-state index contributed by atoms with van der Waals surface area (Å²) in [5.41, 5.74) is 4.28. The van der Waals surface area contributed by atoms with E-state index in [1.165, 1.54) is 59.7 Å². The van der Waals surface area contributed by atoms with Crippen molar-refractivity contribution >= 4 is 46.6 Å². The highest BCUT2D eigenvalue weighted by Gasteiger charge is 2.33. The van der Waals surface area contributed by atoms with Gasteiger partial charge in [-0.15, -0.1) is 24.8 Å². The molecule has 1 saturated heterocycles. The Bertz CT molecular complexity index is 926. The molecule has 5 rings (SSSR count). The van der Waals surface area contributed by atoms with Gasteiger partial charge >= 0.3 is 0 Å². The second-order valence-corrected chi connectivity index (χ2v) is 7.96. The molecule has 3 nitrogen and oxygen atoms in total. The number of para-hydroxylation sites is 1. The van der Waals surface area contributed by atoms with Crippen molar-refractivity contribution in [3.05, 3.63) is 48.0 Å². The lowest BCUT2D eigenvalue weighted by molar-refractivity contribution is 0.0838. The maximum Gasteiger partial charge on any atom is 0.0491 e. The molecule has 2 heterocycles. The predicted molar refractivity (Wildman–Crippen MR) is 124 cm³/mol. The van der Waals surface area contributed by atoms with E-state index in [-0.39, 0.29) is 24.8 Å². The standard InChI is InChI=1S/C23H29N3.2ClH/c1-2-26-21-9-4-3-8-19(21)20-16-18(10-11-22(20)26)23(17-6-5-7-17)25-14-12-24-13-15-25;;/h3-4,8-11,16-17,23-24H,2,5-7,12-15H2,1H3;2*1H/t23-;;/m0../s1. The molecule has 0 spiro atoms. The lowest BCUT2D eigenvalue weighted by atomic mass is 9.76. The fourth-order valence-corrected chi connectivity index (χ4v) is 5.09. The van der Waals surface area contributed by atoms with E-state index >= 15 is 0 Å². The Balaban J connectivity index is 0.00000112. The first kappa shape index (κ1) is 21.4. The van der Waals surface area contributed by atoms with Crippen molar-refractivity contribution in [1.82, 2.24) is 14.8 Å². The number of halogens is 2. The number of hydrogen-bond acceptors (Lipinski definition) is 2. The molecule has 1 aliphatic heterocycles. The average Bonchev–Trinajstić information content (AvgIpc) is 2.98. The maximum absolute atomic E-state index is 3.52. The topological polar surface area (TPSA) is 20.2 Å². The minimum Gasteiger partial charge on any atom is -0.341 e. The molecule has 1 N–H and O–H groups in total. The number of nitrogens with zero attached hydrogens (tertiary/aromatic N) is 2. The number of piperazine rings is 1. The zero-order chi connectivity index (χ0) is 17.5. The van der Waals surface area contributed by atoms with Crippen molar-refractivity contribution < 1.29 is 0 Å². The number of fused-ring (bicyclic) bond motifs is 3. The van der Waals surface area contributed by atoms with Crippen LogP contribution in [0.2, 0.25) is 0 Å². The Labute approximate surface area is 180 Å². The van der Waals surface area contributed by atoms with Gasteiger partial charge in [-0.05, 0) is 49.4 Å². The highest BCUT2D eigenvalue weighted by molar-refractivity contribution is 6.08. The number of aryl methyl sites for hydroxylation is 1. The molecule has 0 unspecified atom stereocenters. The van der Waals surface area contributed by atoms with Crippen LogP contribution in [0.25, 0.3) is 21.8 Å². The maximum atomic E-state index is 3.52. The monoisotopic (exact) mass is 419 g/mol. The highest BCUT2D eigenvalue weighted by Crippen LogP contribution is 2.43. The molecule has 2 fully saturated rings. The summed E-state index contributed by atoms with van der Waals surface area (Å²) < 4.78 is 2.46. The first-order valence-electron chi connectivity index (χ1n) is 10.3. The lowest BCUT2D eigenvalue weighted by Crippen LogP contribution is -2.47. The molecule has 1 saturated carbocycles. The van der Waals surface area contributed by atoms with Crippen LogP contribution in [0, 0.1) is 5.92 Å². The van der Waals surface area contributed by atoms with Gasteiger partial charge in [0.25, 0.3) is 0 Å². The number of nitrogens with one attached hydrogen (secondary N) is 1. The largest absolute Gasteiger partial charge is 0.341 e. The molecule has 0 amide bonds. The smallest absolute Gasteiger partial charge is 0.0491 e. The molecule has 3 aromatic rings. The van der Waals surface area contributed by atoms with Crippen LogP contribution < -0.4 is 5.32 Å². The normalized spacial score (nSPS) is 19.0. The van der Waals surface area contributed by atoms with E-state index in [1.54, 1.807) is 0 Å². The highest BCUT2D eigenvalue weighted by atomic mass is 35.5. The van der Waals surface area contributed by atoms with Crippen molar-refractivity contribution in [3.63, 3.8) is 0 Å². The van der Waals surface area contributed by atoms with Crippen LogP contribution in [0.15, 0.2) is 42.5 Å². The van der Waals surface area contributed by atoms with E-state index in [1.807, 2.05) is 0 Å². The summed E-state index contributed by atoms with van der Waals surface area (Å²) in [7, 11) is 0. The third kappa shape index (κ3) is 3.54. The van der Waals surface area contributed by atoms with Gasteiger partial charge in [-0.25, -0.2) is 0 Å². The van der Waals surface area contributed by atoms with Gasteiger partial charge in [0.2, 0.25) is 0 Å². The van der Waals surface area contributed by atoms with Crippen LogP contribution in [-0.4, -0.2) is 35.6 Å². The Morgan fingerprint density at radius 1 is 0.964 bits per heavy atom. The van der Waals surface area contributed by atoms with E-state index in [0.717, 1.165) is 25.6 Å². The summed E-state index contributed by atoms with van der Waals surface area (Å²) in [5, 5.41) is 6.35. The molecule has 0 radical (unpaired) electrons. The summed E-state index contributed by atoms with van der Waals surface area (Å²) >= 11 is 0. The van der Waals surface area contributed by atoms with Gasteiger partial charge in [-0.3, -0.25) is 4.90 Å². The van der Waals surface area contributed by atoms with E-state index in [2.05, 4.69) is 64.2 Å². The number of hydrogen-bond donors (Lipinski definition) is 1. The Hall–Kier alpha value is -1.26. The molecule has 1 aliphatic carbocycles. The summed E-state index contributed by atoms with van der Waals surface area (Å²) in [6.45, 7) is 7.87. The van der Waals surface area contributed by atoms with E-state index in [4.69, 9.17) is 0 Å². The van der Waals surface area contributed by atoms with Gasteiger partial charge in [0.05, 0.1) is 0 Å². The van der Waals surface area contributed by atoms with Gasteiger partial charge in [0.1, 0.15) is 0 Å². The van der Waals surface area contributed by atoms with Crippen LogP contribution in [0.4, 0.5) is 0 Å². The number of aromatic nitrogens is 1. The molecule has 2 aliphatic rings. The van der Waals surface area contributed by atoms with Crippen LogP contribution >= 0.6 is 24.8 Å². The fraction of sp³-hybridized carbons (Fsp3) is 0.478. The Morgan fingerprint density at radius 3 is 2.36 bits per heavy atom. The second kappa shape index (κ2) is 9.04. The van der Waals surface area contributed by atoms with Gasteiger partial charge in [-0.2, -0.15) is 0 Å². The average molecular weight is 420 g/mol. The van der Waals surface area contributed by atoms with Crippen molar-refractivity contribution in [2.45, 2.75) is 38.8 Å². The third-order valence-electron chi connectivity index (χ3n) is 6.60. The van der Waals surface area contributed by atoms with Crippen molar-refractivity contribution in [3.8, 4) is 0 Å². The third-order valence-corrected chi connectivity index (χ3v) is 6.60. The van der Waals surface area contributed by atoms with Crippen LogP contribution in [-0.2, 0) is 6.54 Å². The van der Waals surface area contributed by atoms with E-state index in [0.29, 0.717) is 6.04 Å². The van der Waals surface area contributed by atoms with E-state index in [9.17, 15) is 0 Å². The Morgan fingerprint density at radius 2 is 1.68 bits per heavy atom. The summed E-state index contributed by atoms with van der Waals surface area (Å²) in [5.74, 6) is 0.838. The second-order valence-electron chi connectivity index (χ2n) is 7.96. The van der Waals surface area contributed by atoms with Crippen LogP contribution in [0.5, 0.6) is 0 Å². The number of benzene rings is 2. The zero-order valence-corrected chi connectivity index (χ0v) is 18.2. The van der Waals surface area contributed by atoms with Crippen LogP contribution in [0.3, 0.4) is 0 Å². The SMILES string of the molecule is CCn1c2ccccc2c2cc([C@H](C3CCC3)N3CCNCC3)ccc21.Cl.Cl. The molecule has 0 bridgehead atoms. The molecule has 28 heavy (non-hydrogen) atoms. The quantitative estimate of drug-likeness (QED) is 0.610. The van der Waals surface area contributed by atoms with Gasteiger partial charge in [-0.1, -0.05) is 30.7 Å². The summed E-state index contributed by atoms with van der Waals surface area (Å²) in [6.07, 6.45) is 4.19.